The first-order valence-electron chi connectivity index (χ1n) is 7.47. The minimum atomic E-state index is 0.423. The van der Waals surface area contributed by atoms with E-state index in [0.717, 1.165) is 18.2 Å². The van der Waals surface area contributed by atoms with E-state index < -0.39 is 0 Å². The Kier molecular flexibility index (Phi) is 5.38. The van der Waals surface area contributed by atoms with Crippen LogP contribution in [-0.4, -0.2) is 44.2 Å². The third-order valence-electron chi connectivity index (χ3n) is 4.03. The molecule has 1 aliphatic carbocycles. The Bertz CT molecular complexity index is 459. The molecule has 0 fully saturated rings. The van der Waals surface area contributed by atoms with Crippen LogP contribution in [0.2, 0.25) is 0 Å². The van der Waals surface area contributed by atoms with Gasteiger partial charge in [-0.05, 0) is 42.6 Å². The van der Waals surface area contributed by atoms with E-state index in [-0.39, 0.29) is 0 Å². The van der Waals surface area contributed by atoms with Crippen LogP contribution in [0.4, 0.5) is 0 Å². The summed E-state index contributed by atoms with van der Waals surface area (Å²) in [5, 5.41) is 4.25. The summed E-state index contributed by atoms with van der Waals surface area (Å²) in [4.78, 5) is 3.67. The molecule has 1 aromatic carbocycles. The van der Waals surface area contributed by atoms with Crippen molar-refractivity contribution >= 4 is 17.3 Å². The molecule has 20 heavy (non-hydrogen) atoms. The zero-order valence-corrected chi connectivity index (χ0v) is 13.6. The molecule has 3 nitrogen and oxygen atoms in total. The number of hydrogen-bond donors (Lipinski definition) is 2. The van der Waals surface area contributed by atoms with Crippen molar-refractivity contribution in [3.8, 4) is 0 Å². The van der Waals surface area contributed by atoms with Gasteiger partial charge >= 0.3 is 0 Å². The number of thiocarbonyl (C=S) groups is 1. The monoisotopic (exact) mass is 292 g/mol. The van der Waals surface area contributed by atoms with E-state index in [9.17, 15) is 0 Å². The van der Waals surface area contributed by atoms with Crippen molar-refractivity contribution in [3.05, 3.63) is 35.4 Å². The normalized spacial score (nSPS) is 17.7. The lowest BCUT2D eigenvalue weighted by atomic mass is 9.87. The van der Waals surface area contributed by atoms with Crippen LogP contribution >= 0.6 is 12.2 Å². The molecule has 2 N–H and O–H groups in total. The lowest BCUT2D eigenvalue weighted by molar-refractivity contribution is -0.856. The second kappa shape index (κ2) is 7.04. The number of benzene rings is 1. The summed E-state index contributed by atoms with van der Waals surface area (Å²) >= 11 is 5.54. The second-order valence-corrected chi connectivity index (χ2v) is 6.29. The summed E-state index contributed by atoms with van der Waals surface area (Å²) in [7, 11) is 6.43. The lowest BCUT2D eigenvalue weighted by Crippen LogP contribution is -3.06. The Balaban J connectivity index is 1.99. The maximum atomic E-state index is 5.54. The molecule has 110 valence electrons. The standard InChI is InChI=1S/C16H25N3S/c1-18(2)12-11-17-16(20)19(3)15-10-6-8-13-7-4-5-9-14(13)15/h4-5,7,9,15H,6,8,10-12H2,1-3H3,(H,17,20)/p+1/t15-/m0/s1. The average Bonchev–Trinajstić information content (AvgIpc) is 2.45. The quantitative estimate of drug-likeness (QED) is 0.808. The van der Waals surface area contributed by atoms with Gasteiger partial charge in [0.2, 0.25) is 0 Å². The third-order valence-corrected chi connectivity index (χ3v) is 4.46. The Hall–Kier alpha value is -1.13. The molecule has 0 unspecified atom stereocenters. The topological polar surface area (TPSA) is 19.7 Å². The van der Waals surface area contributed by atoms with Gasteiger partial charge in [-0.3, -0.25) is 0 Å². The summed E-state index contributed by atoms with van der Waals surface area (Å²) in [6.07, 6.45) is 3.63. The van der Waals surface area contributed by atoms with Crippen molar-refractivity contribution in [1.29, 1.82) is 0 Å². The highest BCUT2D eigenvalue weighted by molar-refractivity contribution is 7.80. The Morgan fingerprint density at radius 3 is 2.90 bits per heavy atom. The zero-order valence-electron chi connectivity index (χ0n) is 12.8. The van der Waals surface area contributed by atoms with Crippen molar-refractivity contribution in [2.24, 2.45) is 0 Å². The summed E-state index contributed by atoms with van der Waals surface area (Å²) in [6, 6.07) is 9.20. The van der Waals surface area contributed by atoms with Crippen LogP contribution in [-0.2, 0) is 6.42 Å². The van der Waals surface area contributed by atoms with Crippen molar-refractivity contribution < 1.29 is 4.90 Å². The number of quaternary nitrogens is 1. The van der Waals surface area contributed by atoms with E-state index in [2.05, 4.69) is 55.6 Å². The Morgan fingerprint density at radius 1 is 1.40 bits per heavy atom. The van der Waals surface area contributed by atoms with Gasteiger partial charge in [0, 0.05) is 7.05 Å². The molecule has 1 atom stereocenters. The summed E-state index contributed by atoms with van der Waals surface area (Å²) in [5.74, 6) is 0. The van der Waals surface area contributed by atoms with Crippen LogP contribution in [0.15, 0.2) is 24.3 Å². The van der Waals surface area contributed by atoms with Gasteiger partial charge in [0.05, 0.1) is 33.2 Å². The summed E-state index contributed by atoms with van der Waals surface area (Å²) in [6.45, 7) is 2.01. The van der Waals surface area contributed by atoms with Crippen molar-refractivity contribution in [1.82, 2.24) is 10.2 Å². The minimum absolute atomic E-state index is 0.423. The van der Waals surface area contributed by atoms with Gasteiger partial charge in [-0.1, -0.05) is 24.3 Å². The third kappa shape index (κ3) is 3.70. The second-order valence-electron chi connectivity index (χ2n) is 5.91. The van der Waals surface area contributed by atoms with E-state index in [1.807, 2.05) is 0 Å². The van der Waals surface area contributed by atoms with Gasteiger partial charge in [-0.2, -0.15) is 0 Å². The molecule has 0 saturated carbocycles. The van der Waals surface area contributed by atoms with E-state index in [1.165, 1.54) is 35.3 Å². The van der Waals surface area contributed by atoms with Gasteiger partial charge in [0.1, 0.15) is 0 Å². The van der Waals surface area contributed by atoms with E-state index in [0.29, 0.717) is 6.04 Å². The summed E-state index contributed by atoms with van der Waals surface area (Å²) in [5.41, 5.74) is 2.93. The molecule has 0 saturated heterocycles. The average molecular weight is 292 g/mol. The maximum absolute atomic E-state index is 5.54. The van der Waals surface area contributed by atoms with Crippen LogP contribution in [0.5, 0.6) is 0 Å². The molecule has 2 rings (SSSR count). The molecule has 0 heterocycles. The van der Waals surface area contributed by atoms with E-state index in [1.54, 1.807) is 0 Å². The molecule has 1 aliphatic rings. The van der Waals surface area contributed by atoms with Gasteiger partial charge < -0.3 is 15.1 Å². The molecule has 0 radical (unpaired) electrons. The SMILES string of the molecule is CN(C(=S)NCC[NH+](C)C)[C@H]1CCCc2ccccc21. The fourth-order valence-corrected chi connectivity index (χ4v) is 3.05. The minimum Gasteiger partial charge on any atom is -0.357 e. The van der Waals surface area contributed by atoms with Crippen LogP contribution in [0.1, 0.15) is 30.0 Å². The van der Waals surface area contributed by atoms with Crippen LogP contribution < -0.4 is 10.2 Å². The summed E-state index contributed by atoms with van der Waals surface area (Å²) < 4.78 is 0. The van der Waals surface area contributed by atoms with Crippen LogP contribution in [0, 0.1) is 0 Å². The van der Waals surface area contributed by atoms with Crippen LogP contribution in [0.25, 0.3) is 0 Å². The fourth-order valence-electron chi connectivity index (χ4n) is 2.82. The van der Waals surface area contributed by atoms with Gasteiger partial charge in [-0.25, -0.2) is 0 Å². The van der Waals surface area contributed by atoms with Gasteiger partial charge in [0.25, 0.3) is 0 Å². The number of hydrogen-bond acceptors (Lipinski definition) is 1. The number of rotatable bonds is 4. The van der Waals surface area contributed by atoms with Gasteiger partial charge in [0.15, 0.2) is 5.11 Å². The first-order valence-corrected chi connectivity index (χ1v) is 7.88. The van der Waals surface area contributed by atoms with Crippen LogP contribution in [0.3, 0.4) is 0 Å². The highest BCUT2D eigenvalue weighted by Gasteiger charge is 2.24. The number of likely N-dealkylation sites (N-methyl/N-ethyl adjacent to an activating group) is 1. The molecule has 1 aromatic rings. The molecule has 0 bridgehead atoms. The maximum Gasteiger partial charge on any atom is 0.169 e. The van der Waals surface area contributed by atoms with Crippen molar-refractivity contribution in [2.45, 2.75) is 25.3 Å². The Labute approximate surface area is 128 Å². The highest BCUT2D eigenvalue weighted by atomic mass is 32.1. The fraction of sp³-hybridized carbons (Fsp3) is 0.562. The lowest BCUT2D eigenvalue weighted by Gasteiger charge is -2.35. The molecule has 0 spiro atoms. The van der Waals surface area contributed by atoms with E-state index >= 15 is 0 Å². The first-order chi connectivity index (χ1) is 9.59. The van der Waals surface area contributed by atoms with Crippen molar-refractivity contribution in [2.75, 3.05) is 34.2 Å². The molecule has 0 aromatic heterocycles. The smallest absolute Gasteiger partial charge is 0.169 e. The van der Waals surface area contributed by atoms with Crippen molar-refractivity contribution in [3.63, 3.8) is 0 Å². The highest BCUT2D eigenvalue weighted by Crippen LogP contribution is 2.33. The molecule has 0 amide bonds. The number of nitrogens with one attached hydrogen (secondary N) is 2. The predicted molar refractivity (Wildman–Crippen MR) is 88.2 cm³/mol. The number of fused-ring (bicyclic) bond motifs is 1. The van der Waals surface area contributed by atoms with E-state index in [4.69, 9.17) is 12.2 Å². The first kappa shape index (κ1) is 15.3. The zero-order chi connectivity index (χ0) is 14.5. The largest absolute Gasteiger partial charge is 0.357 e. The Morgan fingerprint density at radius 2 is 2.15 bits per heavy atom. The van der Waals surface area contributed by atoms with Gasteiger partial charge in [-0.15, -0.1) is 0 Å². The predicted octanol–water partition coefficient (Wildman–Crippen LogP) is 1.01. The number of aryl methyl sites for hydroxylation is 1. The molecule has 0 aliphatic heterocycles. The number of nitrogens with zero attached hydrogens (tertiary/aromatic N) is 1. The molecular formula is C16H26N3S+. The molecule has 4 heteroatoms. The molecular weight excluding hydrogens is 266 g/mol.